The Morgan fingerprint density at radius 1 is 1.50 bits per heavy atom. The molecule has 1 aliphatic rings. The van der Waals surface area contributed by atoms with Gasteiger partial charge in [-0.3, -0.25) is 9.69 Å². The first-order valence-electron chi connectivity index (χ1n) is 5.25. The summed E-state index contributed by atoms with van der Waals surface area (Å²) in [7, 11) is 4.02. The van der Waals surface area contributed by atoms with Crippen LogP contribution in [0.3, 0.4) is 0 Å². The van der Waals surface area contributed by atoms with Gasteiger partial charge in [0.05, 0.1) is 12.1 Å². The summed E-state index contributed by atoms with van der Waals surface area (Å²) in [6, 6.07) is 1.11. The van der Waals surface area contributed by atoms with Gasteiger partial charge in [0.1, 0.15) is 5.82 Å². The SMILES string of the molecule is CN1CCN(C)C(c2nc(O)cc(=O)[nH]2)C1. The largest absolute Gasteiger partial charge is 0.493 e. The summed E-state index contributed by atoms with van der Waals surface area (Å²) < 4.78 is 0. The minimum atomic E-state index is -0.316. The van der Waals surface area contributed by atoms with E-state index in [4.69, 9.17) is 0 Å². The zero-order valence-electron chi connectivity index (χ0n) is 9.47. The molecule has 0 aromatic carbocycles. The second kappa shape index (κ2) is 4.23. The Morgan fingerprint density at radius 2 is 2.25 bits per heavy atom. The van der Waals surface area contributed by atoms with Crippen molar-refractivity contribution in [2.75, 3.05) is 33.7 Å². The Bertz CT molecular complexity index is 431. The summed E-state index contributed by atoms with van der Waals surface area (Å²) >= 11 is 0. The van der Waals surface area contributed by atoms with Gasteiger partial charge in [0.15, 0.2) is 0 Å². The van der Waals surface area contributed by atoms with E-state index < -0.39 is 0 Å². The monoisotopic (exact) mass is 224 g/mol. The van der Waals surface area contributed by atoms with Crippen molar-refractivity contribution in [1.82, 2.24) is 19.8 Å². The van der Waals surface area contributed by atoms with E-state index in [1.807, 2.05) is 14.1 Å². The third-order valence-electron chi connectivity index (χ3n) is 2.91. The molecule has 0 aliphatic carbocycles. The van der Waals surface area contributed by atoms with Crippen LogP contribution in [-0.2, 0) is 0 Å². The molecular weight excluding hydrogens is 208 g/mol. The summed E-state index contributed by atoms with van der Waals surface area (Å²) in [5, 5.41) is 9.31. The van der Waals surface area contributed by atoms with Crippen molar-refractivity contribution in [3.63, 3.8) is 0 Å². The lowest BCUT2D eigenvalue weighted by Crippen LogP contribution is -2.45. The highest BCUT2D eigenvalue weighted by Gasteiger charge is 2.25. The number of likely N-dealkylation sites (N-methyl/N-ethyl adjacent to an activating group) is 2. The lowest BCUT2D eigenvalue weighted by atomic mass is 10.1. The highest BCUT2D eigenvalue weighted by molar-refractivity contribution is 5.09. The van der Waals surface area contributed by atoms with Crippen LogP contribution in [0.5, 0.6) is 5.88 Å². The molecule has 1 unspecified atom stereocenters. The van der Waals surface area contributed by atoms with Crippen LogP contribution in [0.15, 0.2) is 10.9 Å². The second-order valence-electron chi connectivity index (χ2n) is 4.25. The number of hydrogen-bond donors (Lipinski definition) is 2. The predicted octanol–water partition coefficient (Wildman–Crippen LogP) is -0.606. The third kappa shape index (κ3) is 2.23. The number of rotatable bonds is 1. The van der Waals surface area contributed by atoms with Crippen molar-refractivity contribution >= 4 is 0 Å². The maximum atomic E-state index is 11.3. The Balaban J connectivity index is 2.31. The summed E-state index contributed by atoms with van der Waals surface area (Å²) in [4.78, 5) is 22.2. The summed E-state index contributed by atoms with van der Waals surface area (Å²) in [6.45, 7) is 2.71. The predicted molar refractivity (Wildman–Crippen MR) is 59.4 cm³/mol. The molecule has 0 saturated carbocycles. The summed E-state index contributed by atoms with van der Waals surface area (Å²) in [5.74, 6) is 0.305. The highest BCUT2D eigenvalue weighted by atomic mass is 16.3. The maximum absolute atomic E-state index is 11.3. The van der Waals surface area contributed by atoms with E-state index in [9.17, 15) is 9.90 Å². The number of hydrogen-bond acceptors (Lipinski definition) is 5. The Morgan fingerprint density at radius 3 is 2.94 bits per heavy atom. The van der Waals surface area contributed by atoms with E-state index in [1.54, 1.807) is 0 Å². The fourth-order valence-corrected chi connectivity index (χ4v) is 1.93. The van der Waals surface area contributed by atoms with Crippen molar-refractivity contribution in [2.45, 2.75) is 6.04 Å². The van der Waals surface area contributed by atoms with Gasteiger partial charge in [-0.1, -0.05) is 0 Å². The smallest absolute Gasteiger partial charge is 0.254 e. The fourth-order valence-electron chi connectivity index (χ4n) is 1.93. The standard InChI is InChI=1S/C10H16N4O2/c1-13-3-4-14(2)7(6-13)10-11-8(15)5-9(16)12-10/h5,7H,3-4,6H2,1-2H3,(H2,11,12,15,16). The molecular formula is C10H16N4O2. The zero-order chi connectivity index (χ0) is 11.7. The molecule has 0 amide bonds. The molecule has 6 heteroatoms. The molecule has 2 N–H and O–H groups in total. The molecule has 0 bridgehead atoms. The van der Waals surface area contributed by atoms with Crippen LogP contribution in [0.1, 0.15) is 11.9 Å². The van der Waals surface area contributed by atoms with E-state index >= 15 is 0 Å². The summed E-state index contributed by atoms with van der Waals surface area (Å²) in [5.41, 5.74) is -0.316. The van der Waals surface area contributed by atoms with Gasteiger partial charge >= 0.3 is 0 Å². The Labute approximate surface area is 93.5 Å². The number of aromatic hydroxyl groups is 1. The average molecular weight is 224 g/mol. The van der Waals surface area contributed by atoms with Crippen LogP contribution >= 0.6 is 0 Å². The van der Waals surface area contributed by atoms with Crippen LogP contribution in [0.25, 0.3) is 0 Å². The molecule has 1 aromatic heterocycles. The Hall–Kier alpha value is -1.40. The van der Waals surface area contributed by atoms with Gasteiger partial charge in [-0.25, -0.2) is 0 Å². The quantitative estimate of drug-likeness (QED) is 0.666. The molecule has 2 heterocycles. The number of nitrogens with zero attached hydrogens (tertiary/aromatic N) is 3. The van der Waals surface area contributed by atoms with E-state index in [2.05, 4.69) is 19.8 Å². The van der Waals surface area contributed by atoms with E-state index in [-0.39, 0.29) is 17.5 Å². The number of piperazine rings is 1. The van der Waals surface area contributed by atoms with Crippen molar-refractivity contribution in [1.29, 1.82) is 0 Å². The molecule has 88 valence electrons. The number of nitrogens with one attached hydrogen (secondary N) is 1. The summed E-state index contributed by atoms with van der Waals surface area (Å²) in [6.07, 6.45) is 0. The van der Waals surface area contributed by atoms with Gasteiger partial charge in [0.25, 0.3) is 5.56 Å². The first-order chi connectivity index (χ1) is 7.56. The van der Waals surface area contributed by atoms with E-state index in [0.717, 1.165) is 25.7 Å². The Kier molecular flexibility index (Phi) is 2.93. The van der Waals surface area contributed by atoms with E-state index in [0.29, 0.717) is 5.82 Å². The van der Waals surface area contributed by atoms with Gasteiger partial charge in [-0.05, 0) is 14.1 Å². The van der Waals surface area contributed by atoms with Crippen LogP contribution < -0.4 is 5.56 Å². The first kappa shape index (κ1) is 11.1. The first-order valence-corrected chi connectivity index (χ1v) is 5.25. The molecule has 1 aliphatic heterocycles. The minimum Gasteiger partial charge on any atom is -0.493 e. The van der Waals surface area contributed by atoms with Gasteiger partial charge in [-0.15, -0.1) is 0 Å². The molecule has 1 fully saturated rings. The molecule has 0 radical (unpaired) electrons. The molecule has 16 heavy (non-hydrogen) atoms. The number of aromatic amines is 1. The number of H-pyrrole nitrogens is 1. The van der Waals surface area contributed by atoms with Crippen molar-refractivity contribution in [2.24, 2.45) is 0 Å². The van der Waals surface area contributed by atoms with Gasteiger partial charge in [0, 0.05) is 19.6 Å². The van der Waals surface area contributed by atoms with Gasteiger partial charge < -0.3 is 15.0 Å². The molecule has 1 saturated heterocycles. The normalized spacial score (nSPS) is 23.5. The van der Waals surface area contributed by atoms with Crippen LogP contribution in [0.4, 0.5) is 0 Å². The number of aromatic nitrogens is 2. The lowest BCUT2D eigenvalue weighted by molar-refractivity contribution is 0.109. The molecule has 2 rings (SSSR count). The lowest BCUT2D eigenvalue weighted by Gasteiger charge is -2.36. The van der Waals surface area contributed by atoms with Crippen molar-refractivity contribution < 1.29 is 5.11 Å². The van der Waals surface area contributed by atoms with Crippen molar-refractivity contribution in [3.05, 3.63) is 22.2 Å². The minimum absolute atomic E-state index is 0.0264. The zero-order valence-corrected chi connectivity index (χ0v) is 9.47. The van der Waals surface area contributed by atoms with Crippen LogP contribution in [0, 0.1) is 0 Å². The van der Waals surface area contributed by atoms with Crippen LogP contribution in [0.2, 0.25) is 0 Å². The topological polar surface area (TPSA) is 72.5 Å². The molecule has 1 aromatic rings. The highest BCUT2D eigenvalue weighted by Crippen LogP contribution is 2.20. The second-order valence-corrected chi connectivity index (χ2v) is 4.25. The molecule has 6 nitrogen and oxygen atoms in total. The van der Waals surface area contributed by atoms with E-state index in [1.165, 1.54) is 0 Å². The third-order valence-corrected chi connectivity index (χ3v) is 2.91. The van der Waals surface area contributed by atoms with Gasteiger partial charge in [-0.2, -0.15) is 4.98 Å². The van der Waals surface area contributed by atoms with Gasteiger partial charge in [0.2, 0.25) is 5.88 Å². The average Bonchev–Trinajstić information content (AvgIpc) is 2.20. The fraction of sp³-hybridized carbons (Fsp3) is 0.600. The molecule has 1 atom stereocenters. The van der Waals surface area contributed by atoms with Crippen molar-refractivity contribution in [3.8, 4) is 5.88 Å². The molecule has 0 spiro atoms. The maximum Gasteiger partial charge on any atom is 0.254 e. The van der Waals surface area contributed by atoms with Crippen LogP contribution in [-0.4, -0.2) is 58.6 Å².